The molecule has 0 aromatic heterocycles. The Labute approximate surface area is 77.4 Å². The van der Waals surface area contributed by atoms with Crippen molar-refractivity contribution >= 4 is 0 Å². The smallest absolute Gasteiger partial charge is 0.0142 e. The standard InChI is InChI=1S/C12H22/c1-5-6-7-8-12(4)10-9-11(2)3/h6-7,10-11H,5,8-9H2,1-4H3. The van der Waals surface area contributed by atoms with Gasteiger partial charge in [0.25, 0.3) is 0 Å². The summed E-state index contributed by atoms with van der Waals surface area (Å²) in [4.78, 5) is 0. The summed E-state index contributed by atoms with van der Waals surface area (Å²) in [6.45, 7) is 8.89. The van der Waals surface area contributed by atoms with Crippen molar-refractivity contribution in [3.05, 3.63) is 23.8 Å². The molecule has 0 atom stereocenters. The van der Waals surface area contributed by atoms with Crippen LogP contribution in [-0.4, -0.2) is 0 Å². The van der Waals surface area contributed by atoms with Crippen LogP contribution >= 0.6 is 0 Å². The maximum atomic E-state index is 2.35. The van der Waals surface area contributed by atoms with Gasteiger partial charge < -0.3 is 0 Å². The average Bonchev–Trinajstić information content (AvgIpc) is 2.01. The number of rotatable bonds is 5. The summed E-state index contributed by atoms with van der Waals surface area (Å²) < 4.78 is 0. The number of hydrogen-bond donors (Lipinski definition) is 0. The van der Waals surface area contributed by atoms with Crippen molar-refractivity contribution < 1.29 is 0 Å². The molecule has 0 aliphatic heterocycles. The molecule has 0 aliphatic rings. The van der Waals surface area contributed by atoms with Gasteiger partial charge in [0.2, 0.25) is 0 Å². The van der Waals surface area contributed by atoms with E-state index in [1.165, 1.54) is 12.0 Å². The molecular formula is C12H22. The van der Waals surface area contributed by atoms with E-state index in [1.807, 2.05) is 0 Å². The summed E-state index contributed by atoms with van der Waals surface area (Å²) in [5.41, 5.74) is 1.49. The lowest BCUT2D eigenvalue weighted by Gasteiger charge is -2.00. The third-order valence-corrected chi connectivity index (χ3v) is 1.78. The van der Waals surface area contributed by atoms with Gasteiger partial charge in [-0.05, 0) is 32.1 Å². The highest BCUT2D eigenvalue weighted by Crippen LogP contribution is 2.07. The zero-order valence-electron chi connectivity index (χ0n) is 8.93. The van der Waals surface area contributed by atoms with Crippen LogP contribution in [0.25, 0.3) is 0 Å². The molecule has 0 nitrogen and oxygen atoms in total. The molecule has 0 radical (unpaired) electrons. The van der Waals surface area contributed by atoms with Gasteiger partial charge in [-0.1, -0.05) is 44.6 Å². The number of hydrogen-bond acceptors (Lipinski definition) is 0. The summed E-state index contributed by atoms with van der Waals surface area (Å²) in [7, 11) is 0. The zero-order chi connectivity index (χ0) is 9.40. The fourth-order valence-electron chi connectivity index (χ4n) is 0.956. The van der Waals surface area contributed by atoms with Gasteiger partial charge in [0.1, 0.15) is 0 Å². The molecule has 0 unspecified atom stereocenters. The molecule has 0 bridgehead atoms. The monoisotopic (exact) mass is 166 g/mol. The second-order valence-corrected chi connectivity index (χ2v) is 3.76. The minimum Gasteiger partial charge on any atom is -0.0885 e. The molecule has 0 N–H and O–H groups in total. The lowest BCUT2D eigenvalue weighted by Crippen LogP contribution is -1.83. The van der Waals surface area contributed by atoms with Gasteiger partial charge in [-0.15, -0.1) is 0 Å². The van der Waals surface area contributed by atoms with Gasteiger partial charge in [-0.25, -0.2) is 0 Å². The van der Waals surface area contributed by atoms with Crippen molar-refractivity contribution in [3.63, 3.8) is 0 Å². The zero-order valence-corrected chi connectivity index (χ0v) is 8.93. The van der Waals surface area contributed by atoms with Crippen molar-refractivity contribution in [2.24, 2.45) is 5.92 Å². The van der Waals surface area contributed by atoms with E-state index in [-0.39, 0.29) is 0 Å². The first kappa shape index (κ1) is 11.5. The first-order valence-electron chi connectivity index (χ1n) is 4.97. The molecule has 0 amide bonds. The fraction of sp³-hybridized carbons (Fsp3) is 0.667. The van der Waals surface area contributed by atoms with E-state index in [0.29, 0.717) is 0 Å². The average molecular weight is 166 g/mol. The Balaban J connectivity index is 3.63. The molecule has 70 valence electrons. The van der Waals surface area contributed by atoms with Crippen LogP contribution in [0, 0.1) is 5.92 Å². The summed E-state index contributed by atoms with van der Waals surface area (Å²) in [6.07, 6.45) is 10.3. The fourth-order valence-corrected chi connectivity index (χ4v) is 0.956. The quantitative estimate of drug-likeness (QED) is 0.533. The largest absolute Gasteiger partial charge is 0.0885 e. The van der Waals surface area contributed by atoms with Crippen molar-refractivity contribution in [1.82, 2.24) is 0 Å². The number of allylic oxidation sites excluding steroid dienone is 4. The highest BCUT2D eigenvalue weighted by molar-refractivity contribution is 5.04. The maximum Gasteiger partial charge on any atom is -0.0142 e. The molecular weight excluding hydrogens is 144 g/mol. The van der Waals surface area contributed by atoms with Crippen molar-refractivity contribution in [2.75, 3.05) is 0 Å². The molecule has 0 rings (SSSR count). The lowest BCUT2D eigenvalue weighted by molar-refractivity contribution is 0.660. The molecule has 0 heteroatoms. The Hall–Kier alpha value is -0.520. The second-order valence-electron chi connectivity index (χ2n) is 3.76. The Kier molecular flexibility index (Phi) is 6.84. The van der Waals surface area contributed by atoms with Gasteiger partial charge in [-0.3, -0.25) is 0 Å². The molecule has 0 aliphatic carbocycles. The van der Waals surface area contributed by atoms with E-state index in [2.05, 4.69) is 45.9 Å². The summed E-state index contributed by atoms with van der Waals surface area (Å²) in [6, 6.07) is 0. The van der Waals surface area contributed by atoms with Crippen molar-refractivity contribution in [1.29, 1.82) is 0 Å². The molecule has 0 spiro atoms. The second kappa shape index (κ2) is 7.15. The first-order valence-corrected chi connectivity index (χ1v) is 4.97. The van der Waals surface area contributed by atoms with E-state index < -0.39 is 0 Å². The minimum absolute atomic E-state index is 0.787. The highest BCUT2D eigenvalue weighted by Gasteiger charge is 1.90. The van der Waals surface area contributed by atoms with Crippen molar-refractivity contribution in [2.45, 2.75) is 47.0 Å². The van der Waals surface area contributed by atoms with Crippen molar-refractivity contribution in [3.8, 4) is 0 Å². The SMILES string of the molecule is CCC=CCC(C)=CCC(C)C. The van der Waals surface area contributed by atoms with Crippen LogP contribution in [0.2, 0.25) is 0 Å². The van der Waals surface area contributed by atoms with E-state index in [9.17, 15) is 0 Å². The lowest BCUT2D eigenvalue weighted by atomic mass is 10.1. The molecule has 0 saturated carbocycles. The Bertz CT molecular complexity index is 149. The molecule has 0 fully saturated rings. The van der Waals surface area contributed by atoms with Gasteiger partial charge in [0.15, 0.2) is 0 Å². The highest BCUT2D eigenvalue weighted by atomic mass is 14.0. The normalized spacial score (nSPS) is 13.2. The Morgan fingerprint density at radius 1 is 1.25 bits per heavy atom. The minimum atomic E-state index is 0.787. The predicted molar refractivity (Wildman–Crippen MR) is 57.3 cm³/mol. The van der Waals surface area contributed by atoms with Crippen LogP contribution in [0.5, 0.6) is 0 Å². The van der Waals surface area contributed by atoms with Crippen LogP contribution in [0.15, 0.2) is 23.8 Å². The molecule has 12 heavy (non-hydrogen) atoms. The third kappa shape index (κ3) is 7.59. The van der Waals surface area contributed by atoms with E-state index in [0.717, 1.165) is 18.8 Å². The van der Waals surface area contributed by atoms with E-state index in [4.69, 9.17) is 0 Å². The van der Waals surface area contributed by atoms with E-state index in [1.54, 1.807) is 0 Å². The molecule has 0 aromatic carbocycles. The van der Waals surface area contributed by atoms with Crippen LogP contribution in [0.4, 0.5) is 0 Å². The summed E-state index contributed by atoms with van der Waals surface area (Å²) in [5.74, 6) is 0.787. The van der Waals surface area contributed by atoms with Gasteiger partial charge in [0.05, 0.1) is 0 Å². The summed E-state index contributed by atoms with van der Waals surface area (Å²) in [5, 5.41) is 0. The Morgan fingerprint density at radius 2 is 1.92 bits per heavy atom. The molecule has 0 aromatic rings. The van der Waals surface area contributed by atoms with Gasteiger partial charge >= 0.3 is 0 Å². The van der Waals surface area contributed by atoms with Crippen LogP contribution in [0.3, 0.4) is 0 Å². The predicted octanol–water partition coefficient (Wildman–Crippen LogP) is 4.34. The van der Waals surface area contributed by atoms with Gasteiger partial charge in [0, 0.05) is 0 Å². The van der Waals surface area contributed by atoms with Crippen LogP contribution < -0.4 is 0 Å². The van der Waals surface area contributed by atoms with Crippen LogP contribution in [-0.2, 0) is 0 Å². The summed E-state index contributed by atoms with van der Waals surface area (Å²) >= 11 is 0. The third-order valence-electron chi connectivity index (χ3n) is 1.78. The van der Waals surface area contributed by atoms with E-state index >= 15 is 0 Å². The Morgan fingerprint density at radius 3 is 2.42 bits per heavy atom. The van der Waals surface area contributed by atoms with Gasteiger partial charge in [-0.2, -0.15) is 0 Å². The molecule has 0 saturated heterocycles. The topological polar surface area (TPSA) is 0 Å². The van der Waals surface area contributed by atoms with Crippen LogP contribution in [0.1, 0.15) is 47.0 Å². The maximum absolute atomic E-state index is 2.35. The molecule has 0 heterocycles. The first-order chi connectivity index (χ1) is 5.66.